The lowest BCUT2D eigenvalue weighted by molar-refractivity contribution is -0.133. The summed E-state index contributed by atoms with van der Waals surface area (Å²) >= 11 is 1.71. The van der Waals surface area contributed by atoms with E-state index in [2.05, 4.69) is 40.9 Å². The minimum Gasteiger partial charge on any atom is -0.319 e. The van der Waals surface area contributed by atoms with E-state index in [-0.39, 0.29) is 12.2 Å². The molecule has 20 heavy (non-hydrogen) atoms. The van der Waals surface area contributed by atoms with Crippen molar-refractivity contribution in [2.75, 3.05) is 0 Å². The SMILES string of the molecule is CC(C)C1NC(c2ccsc2)N(C2CCCCC2)C1=O. The predicted octanol–water partition coefficient (Wildman–Crippen LogP) is 3.54. The number of hydrogen-bond acceptors (Lipinski definition) is 3. The second-order valence-electron chi connectivity index (χ2n) is 6.38. The Morgan fingerprint density at radius 2 is 2.05 bits per heavy atom. The monoisotopic (exact) mass is 292 g/mol. The van der Waals surface area contributed by atoms with Crippen LogP contribution in [0.2, 0.25) is 0 Å². The number of thiophene rings is 1. The predicted molar refractivity (Wildman–Crippen MR) is 82.5 cm³/mol. The van der Waals surface area contributed by atoms with Crippen molar-refractivity contribution in [3.05, 3.63) is 22.4 Å². The normalized spacial score (nSPS) is 28.6. The molecule has 2 atom stereocenters. The van der Waals surface area contributed by atoms with Crippen molar-refractivity contribution >= 4 is 17.2 Å². The molecule has 1 N–H and O–H groups in total. The lowest BCUT2D eigenvalue weighted by atomic mass is 9.93. The van der Waals surface area contributed by atoms with Gasteiger partial charge in [-0.2, -0.15) is 11.3 Å². The van der Waals surface area contributed by atoms with Crippen LogP contribution < -0.4 is 5.32 Å². The Morgan fingerprint density at radius 3 is 2.65 bits per heavy atom. The first-order valence-corrected chi connectivity index (χ1v) is 8.73. The van der Waals surface area contributed by atoms with Gasteiger partial charge >= 0.3 is 0 Å². The van der Waals surface area contributed by atoms with Crippen LogP contribution in [0.25, 0.3) is 0 Å². The summed E-state index contributed by atoms with van der Waals surface area (Å²) < 4.78 is 0. The molecule has 3 nitrogen and oxygen atoms in total. The topological polar surface area (TPSA) is 32.3 Å². The van der Waals surface area contributed by atoms with E-state index >= 15 is 0 Å². The van der Waals surface area contributed by atoms with Crippen LogP contribution in [0, 0.1) is 5.92 Å². The van der Waals surface area contributed by atoms with E-state index in [9.17, 15) is 4.79 Å². The second-order valence-corrected chi connectivity index (χ2v) is 7.16. The Balaban J connectivity index is 1.87. The Bertz CT molecular complexity index is 451. The van der Waals surface area contributed by atoms with Crippen LogP contribution in [0.15, 0.2) is 16.8 Å². The van der Waals surface area contributed by atoms with Gasteiger partial charge in [-0.15, -0.1) is 0 Å². The molecule has 0 bridgehead atoms. The average Bonchev–Trinajstić information content (AvgIpc) is 3.06. The molecule has 0 radical (unpaired) electrons. The first-order chi connectivity index (χ1) is 9.68. The summed E-state index contributed by atoms with van der Waals surface area (Å²) in [5.41, 5.74) is 1.25. The van der Waals surface area contributed by atoms with E-state index in [0.29, 0.717) is 17.9 Å². The van der Waals surface area contributed by atoms with Gasteiger partial charge in [0.25, 0.3) is 0 Å². The molecule has 1 amide bonds. The van der Waals surface area contributed by atoms with Crippen molar-refractivity contribution in [2.45, 2.75) is 64.2 Å². The van der Waals surface area contributed by atoms with Crippen LogP contribution in [-0.2, 0) is 4.79 Å². The van der Waals surface area contributed by atoms with Crippen LogP contribution in [0.1, 0.15) is 57.7 Å². The molecule has 3 rings (SSSR count). The molecular formula is C16H24N2OS. The van der Waals surface area contributed by atoms with E-state index in [1.54, 1.807) is 11.3 Å². The zero-order valence-corrected chi connectivity index (χ0v) is 13.2. The van der Waals surface area contributed by atoms with Crippen LogP contribution in [0.3, 0.4) is 0 Å². The summed E-state index contributed by atoms with van der Waals surface area (Å²) in [7, 11) is 0. The van der Waals surface area contributed by atoms with Gasteiger partial charge in [-0.3, -0.25) is 10.1 Å². The molecule has 2 unspecified atom stereocenters. The Labute approximate surface area is 125 Å². The molecule has 2 heterocycles. The summed E-state index contributed by atoms with van der Waals surface area (Å²) in [4.78, 5) is 15.0. The summed E-state index contributed by atoms with van der Waals surface area (Å²) in [6.45, 7) is 4.26. The number of rotatable bonds is 3. The van der Waals surface area contributed by atoms with Gasteiger partial charge in [0.2, 0.25) is 5.91 Å². The van der Waals surface area contributed by atoms with Gasteiger partial charge < -0.3 is 4.90 Å². The maximum absolute atomic E-state index is 12.8. The molecule has 4 heteroatoms. The number of carbonyl (C=O) groups is 1. The Hall–Kier alpha value is -0.870. The zero-order chi connectivity index (χ0) is 14.1. The third-order valence-electron chi connectivity index (χ3n) is 4.63. The molecule has 110 valence electrons. The number of carbonyl (C=O) groups excluding carboxylic acids is 1. The minimum atomic E-state index is -0.0261. The highest BCUT2D eigenvalue weighted by Gasteiger charge is 2.44. The number of hydrogen-bond donors (Lipinski definition) is 1. The first kappa shape index (κ1) is 14.1. The van der Waals surface area contributed by atoms with Gasteiger partial charge in [-0.25, -0.2) is 0 Å². The van der Waals surface area contributed by atoms with Crippen molar-refractivity contribution in [2.24, 2.45) is 5.92 Å². The van der Waals surface area contributed by atoms with Crippen LogP contribution in [0.4, 0.5) is 0 Å². The van der Waals surface area contributed by atoms with Gasteiger partial charge in [0.1, 0.15) is 6.17 Å². The zero-order valence-electron chi connectivity index (χ0n) is 12.3. The minimum absolute atomic E-state index is 0.0261. The maximum atomic E-state index is 12.8. The second kappa shape index (κ2) is 5.86. The molecule has 1 aromatic rings. The smallest absolute Gasteiger partial charge is 0.241 e. The maximum Gasteiger partial charge on any atom is 0.241 e. The molecule has 0 spiro atoms. The summed E-state index contributed by atoms with van der Waals surface area (Å²) in [5.74, 6) is 0.653. The third-order valence-corrected chi connectivity index (χ3v) is 5.33. The van der Waals surface area contributed by atoms with E-state index < -0.39 is 0 Å². The summed E-state index contributed by atoms with van der Waals surface area (Å²) in [6.07, 6.45) is 6.26. The van der Waals surface area contributed by atoms with Crippen LogP contribution >= 0.6 is 11.3 Å². The molecule has 1 aliphatic heterocycles. The van der Waals surface area contributed by atoms with Crippen molar-refractivity contribution in [1.82, 2.24) is 10.2 Å². The lowest BCUT2D eigenvalue weighted by Crippen LogP contribution is -2.41. The van der Waals surface area contributed by atoms with Gasteiger partial charge in [-0.1, -0.05) is 33.1 Å². The fraction of sp³-hybridized carbons (Fsp3) is 0.688. The van der Waals surface area contributed by atoms with Crippen LogP contribution in [-0.4, -0.2) is 22.9 Å². The Kier molecular flexibility index (Phi) is 4.13. The van der Waals surface area contributed by atoms with Crippen LogP contribution in [0.5, 0.6) is 0 Å². The molecule has 1 saturated heterocycles. The molecule has 1 aromatic heterocycles. The number of nitrogens with one attached hydrogen (secondary N) is 1. The van der Waals surface area contributed by atoms with Crippen molar-refractivity contribution in [3.8, 4) is 0 Å². The van der Waals surface area contributed by atoms with Crippen molar-refractivity contribution < 1.29 is 4.79 Å². The van der Waals surface area contributed by atoms with E-state index in [4.69, 9.17) is 0 Å². The van der Waals surface area contributed by atoms with E-state index in [0.717, 1.165) is 0 Å². The van der Waals surface area contributed by atoms with Crippen molar-refractivity contribution in [3.63, 3.8) is 0 Å². The molecule has 0 aromatic carbocycles. The van der Waals surface area contributed by atoms with Gasteiger partial charge in [-0.05, 0) is 41.1 Å². The highest BCUT2D eigenvalue weighted by molar-refractivity contribution is 7.07. The van der Waals surface area contributed by atoms with E-state index in [1.807, 2.05) is 0 Å². The average molecular weight is 292 g/mol. The summed E-state index contributed by atoms with van der Waals surface area (Å²) in [6, 6.07) is 2.55. The summed E-state index contributed by atoms with van der Waals surface area (Å²) in [5, 5.41) is 7.84. The van der Waals surface area contributed by atoms with Gasteiger partial charge in [0, 0.05) is 6.04 Å². The van der Waals surface area contributed by atoms with Crippen molar-refractivity contribution in [1.29, 1.82) is 0 Å². The largest absolute Gasteiger partial charge is 0.319 e. The fourth-order valence-electron chi connectivity index (χ4n) is 3.52. The highest BCUT2D eigenvalue weighted by Crippen LogP contribution is 2.35. The first-order valence-electron chi connectivity index (χ1n) is 7.79. The third kappa shape index (κ3) is 2.51. The Morgan fingerprint density at radius 1 is 1.30 bits per heavy atom. The standard InChI is InChI=1S/C16H24N2OS/c1-11(2)14-16(19)18(13-6-4-3-5-7-13)15(17-14)12-8-9-20-10-12/h8-11,13-15,17H,3-7H2,1-2H3. The van der Waals surface area contributed by atoms with Gasteiger partial charge in [0.05, 0.1) is 6.04 Å². The molecule has 1 saturated carbocycles. The molecule has 1 aliphatic carbocycles. The fourth-order valence-corrected chi connectivity index (χ4v) is 4.20. The molecular weight excluding hydrogens is 268 g/mol. The lowest BCUT2D eigenvalue weighted by Gasteiger charge is -2.35. The quantitative estimate of drug-likeness (QED) is 0.924. The highest BCUT2D eigenvalue weighted by atomic mass is 32.1. The number of amides is 1. The molecule has 2 fully saturated rings. The van der Waals surface area contributed by atoms with Gasteiger partial charge in [0.15, 0.2) is 0 Å². The molecule has 2 aliphatic rings. The number of nitrogens with zero attached hydrogens (tertiary/aromatic N) is 1. The van der Waals surface area contributed by atoms with E-state index in [1.165, 1.54) is 37.7 Å².